The summed E-state index contributed by atoms with van der Waals surface area (Å²) in [7, 11) is 0. The van der Waals surface area contributed by atoms with Crippen LogP contribution in [0, 0.1) is 5.82 Å². The molecule has 0 bridgehead atoms. The monoisotopic (exact) mass is 356 g/mol. The van der Waals surface area contributed by atoms with Crippen molar-refractivity contribution < 1.29 is 13.9 Å². The van der Waals surface area contributed by atoms with Gasteiger partial charge in [0.25, 0.3) is 0 Å². The van der Waals surface area contributed by atoms with E-state index in [9.17, 15) is 9.18 Å². The quantitative estimate of drug-likeness (QED) is 0.712. The summed E-state index contributed by atoms with van der Waals surface area (Å²) in [4.78, 5) is 11.8. The van der Waals surface area contributed by atoms with Crippen molar-refractivity contribution in [2.24, 2.45) is 0 Å². The molecule has 0 atom stereocenters. The van der Waals surface area contributed by atoms with Crippen molar-refractivity contribution in [3.63, 3.8) is 0 Å². The molecule has 5 heteroatoms. The second-order valence-electron chi connectivity index (χ2n) is 4.10. The number of carbonyl (C=O) groups excluding carboxylic acids is 1. The van der Waals surface area contributed by atoms with Gasteiger partial charge in [-0.3, -0.25) is 4.79 Å². The van der Waals surface area contributed by atoms with E-state index in [1.165, 1.54) is 24.3 Å². The largest absolute Gasteiger partial charge is 0.492 e. The Hall–Kier alpha value is -1.39. The van der Waals surface area contributed by atoms with E-state index in [1.807, 2.05) is 6.07 Å². The van der Waals surface area contributed by atoms with E-state index in [0.29, 0.717) is 16.3 Å². The summed E-state index contributed by atoms with van der Waals surface area (Å²) in [5.41, 5.74) is 0.469. The summed E-state index contributed by atoms with van der Waals surface area (Å²) in [5.74, 6) is 0.0689. The molecule has 0 unspecified atom stereocenters. The Morgan fingerprint density at radius 3 is 2.55 bits per heavy atom. The van der Waals surface area contributed by atoms with Gasteiger partial charge in [-0.1, -0.05) is 27.5 Å². The van der Waals surface area contributed by atoms with Crippen LogP contribution in [0.5, 0.6) is 5.75 Å². The van der Waals surface area contributed by atoms with E-state index in [2.05, 4.69) is 15.9 Å². The van der Waals surface area contributed by atoms with Crippen molar-refractivity contribution in [3.05, 3.63) is 63.3 Å². The molecule has 0 amide bonds. The molecule has 20 heavy (non-hydrogen) atoms. The highest BCUT2D eigenvalue weighted by Crippen LogP contribution is 2.27. The Balaban J connectivity index is 1.89. The van der Waals surface area contributed by atoms with Crippen LogP contribution in [0.4, 0.5) is 4.39 Å². The number of benzene rings is 2. The van der Waals surface area contributed by atoms with Gasteiger partial charge in [-0.05, 0) is 42.5 Å². The van der Waals surface area contributed by atoms with Crippen LogP contribution in [0.15, 0.2) is 46.9 Å². The molecule has 0 aliphatic carbocycles. The highest BCUT2D eigenvalue weighted by Gasteiger charge is 2.07. The average Bonchev–Trinajstić information content (AvgIpc) is 2.42. The molecule has 0 N–H and O–H groups in total. The Morgan fingerprint density at radius 2 is 1.90 bits per heavy atom. The number of halogens is 3. The van der Waals surface area contributed by atoms with Gasteiger partial charge in [-0.25, -0.2) is 4.39 Å². The number of hydrogen-bond donors (Lipinski definition) is 0. The molecule has 2 nitrogen and oxygen atoms in total. The normalized spacial score (nSPS) is 10.3. The van der Waals surface area contributed by atoms with E-state index in [4.69, 9.17) is 16.3 Å². The molecule has 0 aliphatic rings. The summed E-state index contributed by atoms with van der Waals surface area (Å²) in [6.45, 7) is 0.220. The standard InChI is InChI=1S/C15H11BrClFO2/c16-11-3-6-15(13(17)9-11)20-8-7-14(19)10-1-4-12(18)5-2-10/h1-6,9H,7-8H2. The van der Waals surface area contributed by atoms with Gasteiger partial charge in [0.2, 0.25) is 0 Å². The summed E-state index contributed by atoms with van der Waals surface area (Å²) in [5, 5.41) is 0.480. The van der Waals surface area contributed by atoms with Crippen molar-refractivity contribution in [2.75, 3.05) is 6.61 Å². The Kier molecular flexibility index (Phi) is 5.15. The Labute approximate surface area is 129 Å². The predicted octanol–water partition coefficient (Wildman–Crippen LogP) is 4.89. The third-order valence-corrected chi connectivity index (χ3v) is 3.44. The van der Waals surface area contributed by atoms with E-state index < -0.39 is 0 Å². The summed E-state index contributed by atoms with van der Waals surface area (Å²) in [6, 6.07) is 10.7. The summed E-state index contributed by atoms with van der Waals surface area (Å²) < 4.78 is 19.1. The minimum Gasteiger partial charge on any atom is -0.492 e. The number of hydrogen-bond acceptors (Lipinski definition) is 2. The highest BCUT2D eigenvalue weighted by molar-refractivity contribution is 9.10. The zero-order chi connectivity index (χ0) is 14.5. The number of ether oxygens (including phenoxy) is 1. The molecule has 0 spiro atoms. The van der Waals surface area contributed by atoms with Gasteiger partial charge < -0.3 is 4.74 Å². The minimum atomic E-state index is -0.362. The molecule has 2 aromatic carbocycles. The SMILES string of the molecule is O=C(CCOc1ccc(Br)cc1Cl)c1ccc(F)cc1. The number of ketones is 1. The smallest absolute Gasteiger partial charge is 0.166 e. The fourth-order valence-electron chi connectivity index (χ4n) is 1.63. The molecule has 0 aliphatic heterocycles. The van der Waals surface area contributed by atoms with E-state index in [1.54, 1.807) is 12.1 Å². The van der Waals surface area contributed by atoms with Crippen molar-refractivity contribution in [3.8, 4) is 5.75 Å². The van der Waals surface area contributed by atoms with Crippen LogP contribution in [0.1, 0.15) is 16.8 Å². The Morgan fingerprint density at radius 1 is 1.20 bits per heavy atom. The second-order valence-corrected chi connectivity index (χ2v) is 5.43. The minimum absolute atomic E-state index is 0.0989. The summed E-state index contributed by atoms with van der Waals surface area (Å²) >= 11 is 9.30. The van der Waals surface area contributed by atoms with E-state index in [0.717, 1.165) is 4.47 Å². The first kappa shape index (κ1) is 15.0. The molecule has 0 saturated heterocycles. The number of Topliss-reactive ketones (excluding diaryl/α,β-unsaturated/α-hetero) is 1. The third-order valence-electron chi connectivity index (χ3n) is 2.65. The van der Waals surface area contributed by atoms with E-state index in [-0.39, 0.29) is 24.6 Å². The molecule has 0 fully saturated rings. The second kappa shape index (κ2) is 6.86. The van der Waals surface area contributed by atoms with Crippen molar-refractivity contribution >= 4 is 33.3 Å². The fourth-order valence-corrected chi connectivity index (χ4v) is 2.35. The first-order valence-electron chi connectivity index (χ1n) is 5.93. The highest BCUT2D eigenvalue weighted by atomic mass is 79.9. The summed E-state index contributed by atoms with van der Waals surface area (Å²) in [6.07, 6.45) is 0.206. The number of rotatable bonds is 5. The Bertz CT molecular complexity index is 614. The first-order chi connectivity index (χ1) is 9.56. The van der Waals surface area contributed by atoms with Gasteiger partial charge in [0.1, 0.15) is 11.6 Å². The van der Waals surface area contributed by atoms with Gasteiger partial charge >= 0.3 is 0 Å². The van der Waals surface area contributed by atoms with E-state index >= 15 is 0 Å². The van der Waals surface area contributed by atoms with Crippen LogP contribution in [-0.2, 0) is 0 Å². The number of carbonyl (C=O) groups is 1. The van der Waals surface area contributed by atoms with Gasteiger partial charge in [0.15, 0.2) is 5.78 Å². The molecular weight excluding hydrogens is 347 g/mol. The average molecular weight is 358 g/mol. The lowest BCUT2D eigenvalue weighted by Crippen LogP contribution is -2.07. The van der Waals surface area contributed by atoms with Gasteiger partial charge in [-0.15, -0.1) is 0 Å². The molecular formula is C15H11BrClFO2. The van der Waals surface area contributed by atoms with Crippen LogP contribution >= 0.6 is 27.5 Å². The zero-order valence-electron chi connectivity index (χ0n) is 10.4. The maximum absolute atomic E-state index is 12.7. The predicted molar refractivity (Wildman–Crippen MR) is 80.0 cm³/mol. The van der Waals surface area contributed by atoms with Crippen LogP contribution in [-0.4, -0.2) is 12.4 Å². The van der Waals surface area contributed by atoms with Crippen LogP contribution in [0.25, 0.3) is 0 Å². The molecule has 2 rings (SSSR count). The van der Waals surface area contributed by atoms with Gasteiger partial charge in [0, 0.05) is 16.5 Å². The van der Waals surface area contributed by atoms with Crippen LogP contribution in [0.3, 0.4) is 0 Å². The van der Waals surface area contributed by atoms with Crippen molar-refractivity contribution in [2.45, 2.75) is 6.42 Å². The topological polar surface area (TPSA) is 26.3 Å². The maximum Gasteiger partial charge on any atom is 0.166 e. The van der Waals surface area contributed by atoms with Gasteiger partial charge in [-0.2, -0.15) is 0 Å². The lowest BCUT2D eigenvalue weighted by molar-refractivity contribution is 0.0962. The maximum atomic E-state index is 12.7. The molecule has 0 heterocycles. The first-order valence-corrected chi connectivity index (χ1v) is 7.10. The fraction of sp³-hybridized carbons (Fsp3) is 0.133. The van der Waals surface area contributed by atoms with Crippen molar-refractivity contribution in [1.82, 2.24) is 0 Å². The van der Waals surface area contributed by atoms with Gasteiger partial charge in [0.05, 0.1) is 11.6 Å². The lowest BCUT2D eigenvalue weighted by atomic mass is 10.1. The van der Waals surface area contributed by atoms with Crippen LogP contribution < -0.4 is 4.74 Å². The van der Waals surface area contributed by atoms with Crippen molar-refractivity contribution in [1.29, 1.82) is 0 Å². The lowest BCUT2D eigenvalue weighted by Gasteiger charge is -2.08. The van der Waals surface area contributed by atoms with Crippen LogP contribution in [0.2, 0.25) is 5.02 Å². The molecule has 0 aromatic heterocycles. The molecule has 2 aromatic rings. The molecule has 0 saturated carbocycles. The zero-order valence-corrected chi connectivity index (χ0v) is 12.7. The molecule has 0 radical (unpaired) electrons. The third kappa shape index (κ3) is 4.05. The molecule has 104 valence electrons.